The van der Waals surface area contributed by atoms with E-state index >= 15 is 0 Å². The summed E-state index contributed by atoms with van der Waals surface area (Å²) in [5.74, 6) is 0. The molecule has 0 aliphatic rings. The monoisotopic (exact) mass is 286 g/mol. The molecule has 0 aliphatic carbocycles. The van der Waals surface area contributed by atoms with Crippen LogP contribution in [0, 0.1) is 0 Å². The summed E-state index contributed by atoms with van der Waals surface area (Å²) in [5, 5.41) is 1.04. The van der Waals surface area contributed by atoms with E-state index in [0.29, 0.717) is 0 Å². The predicted octanol–water partition coefficient (Wildman–Crippen LogP) is 5.23. The molecule has 90 valence electrons. The number of hydrogen-bond acceptors (Lipinski definition) is 0. The Labute approximate surface area is 98.1 Å². The van der Waals surface area contributed by atoms with Crippen LogP contribution in [0.5, 0.6) is 0 Å². The van der Waals surface area contributed by atoms with E-state index in [1.54, 1.807) is 6.08 Å². The minimum Gasteiger partial charge on any atom is -0.171 e. The van der Waals surface area contributed by atoms with Crippen molar-refractivity contribution >= 4 is 15.9 Å². The second-order valence-electron chi connectivity index (χ2n) is 3.54. The maximum Gasteiger partial charge on any atom is 0.392 e. The van der Waals surface area contributed by atoms with Gasteiger partial charge in [0.05, 0.1) is 6.42 Å². The van der Waals surface area contributed by atoms with Crippen LogP contribution in [0.1, 0.15) is 44.9 Å². The second-order valence-corrected chi connectivity index (χ2v) is 4.33. The van der Waals surface area contributed by atoms with Gasteiger partial charge in [0.25, 0.3) is 0 Å². The maximum atomic E-state index is 11.7. The number of hydrogen-bond donors (Lipinski definition) is 0. The highest BCUT2D eigenvalue weighted by atomic mass is 79.9. The molecule has 0 saturated carbocycles. The molecule has 0 amide bonds. The maximum absolute atomic E-state index is 11.7. The van der Waals surface area contributed by atoms with Gasteiger partial charge in [-0.3, -0.25) is 0 Å². The highest BCUT2D eigenvalue weighted by Gasteiger charge is 2.24. The molecule has 0 bridgehead atoms. The van der Waals surface area contributed by atoms with Crippen LogP contribution in [0.15, 0.2) is 12.2 Å². The zero-order chi connectivity index (χ0) is 11.6. The van der Waals surface area contributed by atoms with E-state index < -0.39 is 12.6 Å². The lowest BCUT2D eigenvalue weighted by Crippen LogP contribution is -2.03. The molecule has 0 aromatic rings. The van der Waals surface area contributed by atoms with Crippen molar-refractivity contribution in [2.45, 2.75) is 51.1 Å². The number of unbranched alkanes of at least 4 members (excludes halogenated alkanes) is 5. The quantitative estimate of drug-likeness (QED) is 0.326. The normalized spacial score (nSPS) is 12.5. The Morgan fingerprint density at radius 2 is 1.47 bits per heavy atom. The molecule has 0 atom stereocenters. The van der Waals surface area contributed by atoms with Crippen molar-refractivity contribution in [2.24, 2.45) is 0 Å². The molecule has 0 fully saturated rings. The molecule has 0 aromatic carbocycles. The van der Waals surface area contributed by atoms with Crippen LogP contribution in [0.2, 0.25) is 0 Å². The zero-order valence-electron chi connectivity index (χ0n) is 8.82. The lowest BCUT2D eigenvalue weighted by molar-refractivity contribution is -0.125. The molecule has 0 saturated heterocycles. The molecule has 4 heteroatoms. The molecule has 0 unspecified atom stereocenters. The summed E-state index contributed by atoms with van der Waals surface area (Å²) in [5.41, 5.74) is 0. The Hall–Kier alpha value is 0.01000. The first-order chi connectivity index (χ1) is 7.06. The van der Waals surface area contributed by atoms with E-state index in [1.165, 1.54) is 25.3 Å². The fraction of sp³-hybridized carbons (Fsp3) is 0.818. The summed E-state index contributed by atoms with van der Waals surface area (Å²) in [6.45, 7) is 0. The van der Waals surface area contributed by atoms with E-state index in [9.17, 15) is 13.2 Å². The largest absolute Gasteiger partial charge is 0.392 e. The fourth-order valence-electron chi connectivity index (χ4n) is 1.22. The van der Waals surface area contributed by atoms with Gasteiger partial charge in [-0.05, 0) is 19.3 Å². The Morgan fingerprint density at radius 1 is 0.867 bits per heavy atom. The van der Waals surface area contributed by atoms with Crippen LogP contribution in [-0.2, 0) is 0 Å². The first kappa shape index (κ1) is 15.0. The van der Waals surface area contributed by atoms with Crippen LogP contribution in [0.25, 0.3) is 0 Å². The van der Waals surface area contributed by atoms with Gasteiger partial charge in [0.15, 0.2) is 0 Å². The molecule has 0 aromatic heterocycles. The Balaban J connectivity index is 3.17. The lowest BCUT2D eigenvalue weighted by Gasteiger charge is -2.00. The van der Waals surface area contributed by atoms with Gasteiger partial charge in [-0.1, -0.05) is 47.3 Å². The average Bonchev–Trinajstić information content (AvgIpc) is 2.14. The second kappa shape index (κ2) is 9.25. The zero-order valence-corrected chi connectivity index (χ0v) is 10.4. The first-order valence-electron chi connectivity index (χ1n) is 5.34. The van der Waals surface area contributed by atoms with Crippen molar-refractivity contribution < 1.29 is 13.2 Å². The van der Waals surface area contributed by atoms with Gasteiger partial charge in [-0.2, -0.15) is 13.2 Å². The van der Waals surface area contributed by atoms with Crippen molar-refractivity contribution in [2.75, 3.05) is 5.33 Å². The molecule has 0 N–H and O–H groups in total. The van der Waals surface area contributed by atoms with Crippen molar-refractivity contribution in [3.05, 3.63) is 12.2 Å². The van der Waals surface area contributed by atoms with Crippen LogP contribution in [0.4, 0.5) is 13.2 Å². The highest BCUT2D eigenvalue weighted by Crippen LogP contribution is 2.19. The number of rotatable bonds is 8. The third kappa shape index (κ3) is 14.0. The van der Waals surface area contributed by atoms with Gasteiger partial charge in [0.2, 0.25) is 0 Å². The number of alkyl halides is 4. The highest BCUT2D eigenvalue weighted by molar-refractivity contribution is 9.09. The van der Waals surface area contributed by atoms with Crippen molar-refractivity contribution in [3.8, 4) is 0 Å². The standard InChI is InChI=1S/C11H18BrF3/c12-10-8-6-4-2-1-3-5-7-9-11(13,14)15/h5,7H,1-4,6,8-10H2/b7-5+. The molecule has 0 heterocycles. The summed E-state index contributed by atoms with van der Waals surface area (Å²) < 4.78 is 35.1. The van der Waals surface area contributed by atoms with Crippen molar-refractivity contribution in [3.63, 3.8) is 0 Å². The molecule has 15 heavy (non-hydrogen) atoms. The van der Waals surface area contributed by atoms with E-state index in [4.69, 9.17) is 0 Å². The van der Waals surface area contributed by atoms with Crippen LogP contribution in [-0.4, -0.2) is 11.5 Å². The summed E-state index contributed by atoms with van der Waals surface area (Å²) >= 11 is 3.35. The third-order valence-electron chi connectivity index (χ3n) is 2.02. The molecule has 0 rings (SSSR count). The summed E-state index contributed by atoms with van der Waals surface area (Å²) in [6, 6.07) is 0. The lowest BCUT2D eigenvalue weighted by atomic mass is 10.1. The SMILES string of the molecule is FC(F)(F)C/C=C/CCCCCCCBr. The number of halogens is 4. The molecule has 0 nitrogen and oxygen atoms in total. The van der Waals surface area contributed by atoms with Gasteiger partial charge >= 0.3 is 6.18 Å². The topological polar surface area (TPSA) is 0 Å². The van der Waals surface area contributed by atoms with Gasteiger partial charge in [0, 0.05) is 5.33 Å². The third-order valence-corrected chi connectivity index (χ3v) is 2.58. The van der Waals surface area contributed by atoms with Gasteiger partial charge < -0.3 is 0 Å². The minimum absolute atomic E-state index is 0.768. The molecule has 0 spiro atoms. The van der Waals surface area contributed by atoms with Crippen LogP contribution in [0.3, 0.4) is 0 Å². The smallest absolute Gasteiger partial charge is 0.171 e. The molecule has 0 aliphatic heterocycles. The van der Waals surface area contributed by atoms with Crippen molar-refractivity contribution in [1.82, 2.24) is 0 Å². The van der Waals surface area contributed by atoms with Gasteiger partial charge in [-0.25, -0.2) is 0 Å². The van der Waals surface area contributed by atoms with E-state index in [-0.39, 0.29) is 0 Å². The van der Waals surface area contributed by atoms with E-state index in [1.807, 2.05) is 0 Å². The molecular formula is C11H18BrF3. The predicted molar refractivity (Wildman–Crippen MR) is 61.3 cm³/mol. The molecular weight excluding hydrogens is 269 g/mol. The van der Waals surface area contributed by atoms with Gasteiger partial charge in [-0.15, -0.1) is 0 Å². The van der Waals surface area contributed by atoms with E-state index in [2.05, 4.69) is 15.9 Å². The summed E-state index contributed by atoms with van der Waals surface area (Å²) in [4.78, 5) is 0. The average molecular weight is 287 g/mol. The van der Waals surface area contributed by atoms with Crippen LogP contribution < -0.4 is 0 Å². The Morgan fingerprint density at radius 3 is 2.07 bits per heavy atom. The van der Waals surface area contributed by atoms with Crippen LogP contribution >= 0.6 is 15.9 Å². The summed E-state index contributed by atoms with van der Waals surface area (Å²) in [6.07, 6.45) is 4.46. The minimum atomic E-state index is -4.05. The van der Waals surface area contributed by atoms with Gasteiger partial charge in [0.1, 0.15) is 0 Å². The molecule has 0 radical (unpaired) electrons. The first-order valence-corrected chi connectivity index (χ1v) is 6.46. The Kier molecular flexibility index (Phi) is 9.26. The number of allylic oxidation sites excluding steroid dienone is 2. The summed E-state index contributed by atoms with van der Waals surface area (Å²) in [7, 11) is 0. The van der Waals surface area contributed by atoms with Crippen molar-refractivity contribution in [1.29, 1.82) is 0 Å². The fourth-order valence-corrected chi connectivity index (χ4v) is 1.62. The van der Waals surface area contributed by atoms with E-state index in [0.717, 1.165) is 24.6 Å². The Bertz CT molecular complexity index is 164.